The van der Waals surface area contributed by atoms with Gasteiger partial charge < -0.3 is 15.7 Å². The number of carboxylic acids is 1. The van der Waals surface area contributed by atoms with E-state index in [1.807, 2.05) is 0 Å². The van der Waals surface area contributed by atoms with Crippen LogP contribution in [-0.2, 0) is 4.79 Å². The van der Waals surface area contributed by atoms with Crippen LogP contribution in [0, 0.1) is 0 Å². The summed E-state index contributed by atoms with van der Waals surface area (Å²) in [7, 11) is 2.09. The Kier molecular flexibility index (Phi) is 2.27. The molecule has 2 aliphatic heterocycles. The molecule has 0 saturated carbocycles. The molecule has 0 aliphatic carbocycles. The van der Waals surface area contributed by atoms with Gasteiger partial charge in [-0.25, -0.2) is 0 Å². The summed E-state index contributed by atoms with van der Waals surface area (Å²) in [6.45, 7) is 0. The van der Waals surface area contributed by atoms with Gasteiger partial charge in [-0.05, 0) is 32.7 Å². The van der Waals surface area contributed by atoms with Crippen molar-refractivity contribution < 1.29 is 9.90 Å². The number of carbonyl (C=O) groups is 1. The quantitative estimate of drug-likeness (QED) is 0.640. The molecule has 2 heterocycles. The molecule has 0 aromatic rings. The zero-order chi connectivity index (χ0) is 10.3. The number of aliphatic carboxylic acids is 1. The van der Waals surface area contributed by atoms with E-state index >= 15 is 0 Å². The molecule has 0 amide bonds. The summed E-state index contributed by atoms with van der Waals surface area (Å²) in [6.07, 6.45) is 4.62. The molecule has 2 aliphatic rings. The van der Waals surface area contributed by atoms with E-state index in [2.05, 4.69) is 11.9 Å². The zero-order valence-electron chi connectivity index (χ0n) is 8.57. The Morgan fingerprint density at radius 1 is 1.43 bits per heavy atom. The fraction of sp³-hybridized carbons (Fsp3) is 0.900. The molecule has 2 fully saturated rings. The van der Waals surface area contributed by atoms with Gasteiger partial charge in [0, 0.05) is 12.1 Å². The molecule has 14 heavy (non-hydrogen) atoms. The minimum atomic E-state index is -0.970. The van der Waals surface area contributed by atoms with Gasteiger partial charge >= 0.3 is 5.97 Å². The molecule has 3 atom stereocenters. The van der Waals surface area contributed by atoms with E-state index in [1.54, 1.807) is 0 Å². The Hall–Kier alpha value is -0.610. The Bertz CT molecular complexity index is 241. The number of hydrogen-bond donors (Lipinski definition) is 2. The summed E-state index contributed by atoms with van der Waals surface area (Å²) >= 11 is 0. The number of piperidine rings is 2. The standard InChI is InChI=1S/C10H18N2O2/c1-12-7-3-2-4-8(12)6-10(11,5-7)9(13)14/h7-8H,2-6,11H2,1H3,(H,13,14)/t7-,8+,10?. The first-order chi connectivity index (χ1) is 6.53. The third kappa shape index (κ3) is 1.42. The molecule has 3 N–H and O–H groups in total. The summed E-state index contributed by atoms with van der Waals surface area (Å²) in [5.74, 6) is -0.831. The average molecular weight is 198 g/mol. The van der Waals surface area contributed by atoms with E-state index in [4.69, 9.17) is 10.8 Å². The minimum absolute atomic E-state index is 0.378. The number of fused-ring (bicyclic) bond motifs is 2. The van der Waals surface area contributed by atoms with E-state index in [1.165, 1.54) is 6.42 Å². The molecule has 0 aromatic heterocycles. The maximum absolute atomic E-state index is 11.1. The van der Waals surface area contributed by atoms with Crippen LogP contribution >= 0.6 is 0 Å². The molecule has 4 nitrogen and oxygen atoms in total. The highest BCUT2D eigenvalue weighted by atomic mass is 16.4. The van der Waals surface area contributed by atoms with Crippen LogP contribution in [0.25, 0.3) is 0 Å². The Morgan fingerprint density at radius 3 is 2.36 bits per heavy atom. The average Bonchev–Trinajstić information content (AvgIpc) is 2.07. The normalized spacial score (nSPS) is 43.6. The van der Waals surface area contributed by atoms with E-state index in [-0.39, 0.29) is 0 Å². The number of rotatable bonds is 1. The van der Waals surface area contributed by atoms with Crippen molar-refractivity contribution >= 4 is 5.97 Å². The Labute approximate surface area is 84.1 Å². The van der Waals surface area contributed by atoms with Gasteiger partial charge in [-0.1, -0.05) is 6.42 Å². The van der Waals surface area contributed by atoms with Crippen molar-refractivity contribution in [3.05, 3.63) is 0 Å². The second kappa shape index (κ2) is 3.21. The van der Waals surface area contributed by atoms with Crippen molar-refractivity contribution in [2.75, 3.05) is 7.05 Å². The first kappa shape index (κ1) is 9.93. The number of nitrogens with two attached hydrogens (primary N) is 1. The molecule has 2 rings (SSSR count). The van der Waals surface area contributed by atoms with Crippen LogP contribution in [0.5, 0.6) is 0 Å². The van der Waals surface area contributed by atoms with Crippen molar-refractivity contribution in [2.45, 2.75) is 49.7 Å². The summed E-state index contributed by atoms with van der Waals surface area (Å²) < 4.78 is 0. The maximum atomic E-state index is 11.1. The smallest absolute Gasteiger partial charge is 0.323 e. The highest BCUT2D eigenvalue weighted by Gasteiger charge is 2.47. The summed E-state index contributed by atoms with van der Waals surface area (Å²) in [6, 6.07) is 0.757. The van der Waals surface area contributed by atoms with E-state index in [0.29, 0.717) is 24.9 Å². The van der Waals surface area contributed by atoms with E-state index in [9.17, 15) is 4.79 Å². The highest BCUT2D eigenvalue weighted by Crippen LogP contribution is 2.36. The van der Waals surface area contributed by atoms with Crippen LogP contribution < -0.4 is 5.73 Å². The van der Waals surface area contributed by atoms with Crippen molar-refractivity contribution in [2.24, 2.45) is 5.73 Å². The van der Waals surface area contributed by atoms with Gasteiger partial charge in [0.05, 0.1) is 0 Å². The predicted octanol–water partition coefficient (Wildman–Crippen LogP) is 0.415. The summed E-state index contributed by atoms with van der Waals surface area (Å²) in [5, 5.41) is 9.10. The first-order valence-corrected chi connectivity index (χ1v) is 5.27. The van der Waals surface area contributed by atoms with Crippen LogP contribution in [0.4, 0.5) is 0 Å². The SMILES string of the molecule is CN1[C@@H]2CCC[C@H]1CC(N)(C(=O)O)C2. The van der Waals surface area contributed by atoms with Crippen molar-refractivity contribution in [3.63, 3.8) is 0 Å². The molecule has 80 valence electrons. The Morgan fingerprint density at radius 2 is 1.93 bits per heavy atom. The summed E-state index contributed by atoms with van der Waals surface area (Å²) in [4.78, 5) is 13.4. The van der Waals surface area contributed by atoms with Crippen LogP contribution in [0.1, 0.15) is 32.1 Å². The largest absolute Gasteiger partial charge is 0.480 e. The molecule has 4 heteroatoms. The van der Waals surface area contributed by atoms with Crippen molar-refractivity contribution in [1.29, 1.82) is 0 Å². The monoisotopic (exact) mass is 198 g/mol. The first-order valence-electron chi connectivity index (χ1n) is 5.27. The van der Waals surface area contributed by atoms with Crippen molar-refractivity contribution in [1.82, 2.24) is 4.90 Å². The third-order valence-electron chi connectivity index (χ3n) is 3.85. The topological polar surface area (TPSA) is 66.6 Å². The van der Waals surface area contributed by atoms with Crippen LogP contribution in [0.2, 0.25) is 0 Å². The number of carboxylic acid groups (broad SMARTS) is 1. The molecule has 1 unspecified atom stereocenters. The zero-order valence-corrected chi connectivity index (χ0v) is 8.57. The lowest BCUT2D eigenvalue weighted by atomic mass is 9.74. The fourth-order valence-corrected chi connectivity index (χ4v) is 2.89. The van der Waals surface area contributed by atoms with Crippen LogP contribution in [0.15, 0.2) is 0 Å². The van der Waals surface area contributed by atoms with Gasteiger partial charge in [-0.3, -0.25) is 4.79 Å². The van der Waals surface area contributed by atoms with Crippen molar-refractivity contribution in [3.8, 4) is 0 Å². The summed E-state index contributed by atoms with van der Waals surface area (Å²) in [5.41, 5.74) is 4.96. The molecule has 0 spiro atoms. The van der Waals surface area contributed by atoms with Gasteiger partial charge in [-0.2, -0.15) is 0 Å². The van der Waals surface area contributed by atoms with Gasteiger partial charge in [0.1, 0.15) is 5.54 Å². The van der Waals surface area contributed by atoms with E-state index < -0.39 is 11.5 Å². The third-order valence-corrected chi connectivity index (χ3v) is 3.85. The van der Waals surface area contributed by atoms with E-state index in [0.717, 1.165) is 12.8 Å². The van der Waals surface area contributed by atoms with Crippen LogP contribution in [-0.4, -0.2) is 40.6 Å². The number of nitrogens with zero attached hydrogens (tertiary/aromatic N) is 1. The number of hydrogen-bond acceptors (Lipinski definition) is 3. The molecule has 2 bridgehead atoms. The minimum Gasteiger partial charge on any atom is -0.480 e. The van der Waals surface area contributed by atoms with Crippen LogP contribution in [0.3, 0.4) is 0 Å². The molecular formula is C10H18N2O2. The molecular weight excluding hydrogens is 180 g/mol. The second-order valence-corrected chi connectivity index (χ2v) is 4.77. The predicted molar refractivity (Wildman–Crippen MR) is 53.0 cm³/mol. The lowest BCUT2D eigenvalue weighted by molar-refractivity contribution is -0.148. The van der Waals surface area contributed by atoms with Gasteiger partial charge in [0.15, 0.2) is 0 Å². The van der Waals surface area contributed by atoms with Gasteiger partial charge in [0.25, 0.3) is 0 Å². The lowest BCUT2D eigenvalue weighted by Crippen LogP contribution is -2.63. The lowest BCUT2D eigenvalue weighted by Gasteiger charge is -2.49. The second-order valence-electron chi connectivity index (χ2n) is 4.77. The highest BCUT2D eigenvalue weighted by molar-refractivity contribution is 5.78. The maximum Gasteiger partial charge on any atom is 0.323 e. The molecule has 2 saturated heterocycles. The van der Waals surface area contributed by atoms with Gasteiger partial charge in [-0.15, -0.1) is 0 Å². The molecule has 0 aromatic carbocycles. The van der Waals surface area contributed by atoms with Gasteiger partial charge in [0.2, 0.25) is 0 Å². The fourth-order valence-electron chi connectivity index (χ4n) is 2.89. The molecule has 0 radical (unpaired) electrons. The Balaban J connectivity index is 2.18.